The van der Waals surface area contributed by atoms with Crippen molar-refractivity contribution in [1.82, 2.24) is 25.0 Å². The summed E-state index contributed by atoms with van der Waals surface area (Å²) in [4.78, 5) is 35.0. The monoisotopic (exact) mass is 581 g/mol. The standard InChI is InChI=1S/C25H23Cl2F2N5O3S/c1-23(2)6-15(23)20(35)34-10-24(11-34)16(9-33(22(24)36)8-14-7-30-12-38-14)19-31-32-21(37-19)25(28,29)13-3-4-17(26)18(27)5-13/h3-5,7,12,15-16H,6,8-11H2,1-2H3/t15-,16?/m1/s1. The van der Waals surface area contributed by atoms with Gasteiger partial charge in [0.25, 0.3) is 5.89 Å². The molecule has 2 saturated heterocycles. The molecule has 1 spiro atoms. The van der Waals surface area contributed by atoms with E-state index in [2.05, 4.69) is 15.2 Å². The Morgan fingerprint density at radius 2 is 1.97 bits per heavy atom. The first kappa shape index (κ1) is 25.6. The molecule has 1 saturated carbocycles. The van der Waals surface area contributed by atoms with Crippen molar-refractivity contribution in [2.75, 3.05) is 19.6 Å². The van der Waals surface area contributed by atoms with Crippen LogP contribution in [0.15, 0.2) is 34.3 Å². The third kappa shape index (κ3) is 4.01. The van der Waals surface area contributed by atoms with E-state index in [-0.39, 0.29) is 58.7 Å². The first-order valence-corrected chi connectivity index (χ1v) is 13.7. The Balaban J connectivity index is 1.29. The molecule has 200 valence electrons. The van der Waals surface area contributed by atoms with Gasteiger partial charge in [-0.05, 0) is 24.0 Å². The Bertz CT molecular complexity index is 1420. The molecule has 1 unspecified atom stereocenters. The number of likely N-dealkylation sites (tertiary alicyclic amines) is 2. The maximum Gasteiger partial charge on any atom is 0.349 e. The van der Waals surface area contributed by atoms with E-state index in [0.29, 0.717) is 6.54 Å². The number of hydrogen-bond donors (Lipinski definition) is 0. The van der Waals surface area contributed by atoms with E-state index >= 15 is 8.78 Å². The Labute approximate surface area is 230 Å². The fourth-order valence-corrected chi connectivity index (χ4v) is 6.38. The van der Waals surface area contributed by atoms with Crippen LogP contribution in [0.25, 0.3) is 0 Å². The van der Waals surface area contributed by atoms with Gasteiger partial charge in [-0.2, -0.15) is 8.78 Å². The average molecular weight is 582 g/mol. The highest BCUT2D eigenvalue weighted by atomic mass is 35.5. The molecule has 1 aromatic carbocycles. The van der Waals surface area contributed by atoms with E-state index in [0.717, 1.165) is 23.4 Å². The molecular weight excluding hydrogens is 559 g/mol. The predicted molar refractivity (Wildman–Crippen MR) is 135 cm³/mol. The van der Waals surface area contributed by atoms with Gasteiger partial charge in [0.15, 0.2) is 0 Å². The zero-order valence-corrected chi connectivity index (χ0v) is 22.8. The summed E-state index contributed by atoms with van der Waals surface area (Å²) in [5, 5.41) is 7.74. The van der Waals surface area contributed by atoms with Crippen molar-refractivity contribution in [2.24, 2.45) is 16.7 Å². The fourth-order valence-electron chi connectivity index (χ4n) is 5.47. The molecule has 8 nitrogen and oxygen atoms in total. The van der Waals surface area contributed by atoms with Crippen LogP contribution in [0.2, 0.25) is 10.0 Å². The minimum absolute atomic E-state index is 0.0189. The third-order valence-electron chi connectivity index (χ3n) is 7.97. The SMILES string of the molecule is CC1(C)C[C@@H]1C(=O)N1CC2(C1)C(=O)N(Cc1cncs1)CC2c1nnc(C(F)(F)c2ccc(Cl)c(Cl)c2)o1. The lowest BCUT2D eigenvalue weighted by Crippen LogP contribution is -2.64. The Kier molecular flexibility index (Phi) is 5.86. The molecule has 38 heavy (non-hydrogen) atoms. The first-order valence-electron chi connectivity index (χ1n) is 12.1. The van der Waals surface area contributed by atoms with Crippen molar-refractivity contribution in [3.8, 4) is 0 Å². The van der Waals surface area contributed by atoms with Crippen LogP contribution in [0.3, 0.4) is 0 Å². The lowest BCUT2D eigenvalue weighted by Gasteiger charge is -2.48. The van der Waals surface area contributed by atoms with Crippen LogP contribution < -0.4 is 0 Å². The molecule has 3 aromatic rings. The van der Waals surface area contributed by atoms with Gasteiger partial charge in [-0.15, -0.1) is 21.5 Å². The molecule has 0 radical (unpaired) electrons. The van der Waals surface area contributed by atoms with Crippen molar-refractivity contribution >= 4 is 46.4 Å². The molecule has 2 aliphatic heterocycles. The Hall–Kier alpha value is -2.63. The van der Waals surface area contributed by atoms with Crippen molar-refractivity contribution < 1.29 is 22.8 Å². The summed E-state index contributed by atoms with van der Waals surface area (Å²) < 4.78 is 36.2. The van der Waals surface area contributed by atoms with Crippen LogP contribution in [0.5, 0.6) is 0 Å². The van der Waals surface area contributed by atoms with Gasteiger partial charge in [-0.25, -0.2) is 0 Å². The van der Waals surface area contributed by atoms with Crippen molar-refractivity contribution in [2.45, 2.75) is 38.7 Å². The zero-order valence-electron chi connectivity index (χ0n) is 20.5. The maximum absolute atomic E-state index is 15.3. The van der Waals surface area contributed by atoms with Gasteiger partial charge >= 0.3 is 5.92 Å². The van der Waals surface area contributed by atoms with Gasteiger partial charge in [-0.3, -0.25) is 14.6 Å². The van der Waals surface area contributed by atoms with Gasteiger partial charge in [0.1, 0.15) is 0 Å². The molecule has 2 amide bonds. The average Bonchev–Trinajstić information content (AvgIpc) is 3.31. The quantitative estimate of drug-likeness (QED) is 0.408. The molecule has 4 heterocycles. The summed E-state index contributed by atoms with van der Waals surface area (Å²) in [5.74, 6) is -5.44. The normalized spacial score (nSPS) is 23.7. The number of aromatic nitrogens is 3. The van der Waals surface area contributed by atoms with E-state index < -0.39 is 28.7 Å². The Morgan fingerprint density at radius 3 is 2.61 bits per heavy atom. The second-order valence-corrected chi connectivity index (χ2v) is 12.7. The van der Waals surface area contributed by atoms with Crippen molar-refractivity contribution in [3.05, 3.63) is 62.2 Å². The summed E-state index contributed by atoms with van der Waals surface area (Å²) >= 11 is 13.2. The van der Waals surface area contributed by atoms with Crippen LogP contribution in [0.4, 0.5) is 8.78 Å². The van der Waals surface area contributed by atoms with Gasteiger partial charge in [0.05, 0.1) is 33.4 Å². The van der Waals surface area contributed by atoms with Crippen molar-refractivity contribution in [3.63, 3.8) is 0 Å². The second kappa shape index (κ2) is 8.69. The first-order chi connectivity index (χ1) is 17.9. The number of carbonyl (C=O) groups excluding carboxylic acids is 2. The van der Waals surface area contributed by atoms with E-state index in [4.69, 9.17) is 27.6 Å². The highest BCUT2D eigenvalue weighted by Gasteiger charge is 2.65. The summed E-state index contributed by atoms with van der Waals surface area (Å²) in [5.41, 5.74) is 0.176. The van der Waals surface area contributed by atoms with Gasteiger partial charge in [0, 0.05) is 42.2 Å². The number of rotatable bonds is 6. The van der Waals surface area contributed by atoms with Crippen LogP contribution >= 0.6 is 34.5 Å². The zero-order chi connectivity index (χ0) is 27.0. The van der Waals surface area contributed by atoms with Crippen LogP contribution in [-0.2, 0) is 22.1 Å². The number of benzene rings is 1. The van der Waals surface area contributed by atoms with E-state index in [9.17, 15) is 9.59 Å². The number of hydrogen-bond acceptors (Lipinski definition) is 7. The fraction of sp³-hybridized carbons (Fsp3) is 0.480. The molecule has 2 atom stereocenters. The summed E-state index contributed by atoms with van der Waals surface area (Å²) in [6.45, 7) is 4.97. The summed E-state index contributed by atoms with van der Waals surface area (Å²) in [7, 11) is 0. The molecule has 2 aromatic heterocycles. The van der Waals surface area contributed by atoms with Gasteiger partial charge < -0.3 is 14.2 Å². The maximum atomic E-state index is 15.3. The topological polar surface area (TPSA) is 92.4 Å². The summed E-state index contributed by atoms with van der Waals surface area (Å²) in [6.07, 6.45) is 2.49. The van der Waals surface area contributed by atoms with Gasteiger partial charge in [0.2, 0.25) is 17.7 Å². The molecule has 3 fully saturated rings. The molecule has 6 rings (SSSR count). The number of nitrogens with zero attached hydrogens (tertiary/aromatic N) is 5. The number of amides is 2. The van der Waals surface area contributed by atoms with Crippen molar-refractivity contribution in [1.29, 1.82) is 0 Å². The highest BCUT2D eigenvalue weighted by molar-refractivity contribution is 7.09. The van der Waals surface area contributed by atoms with Crippen LogP contribution in [0.1, 0.15) is 48.4 Å². The molecular formula is C25H23Cl2F2N5O3S. The molecule has 0 N–H and O–H groups in total. The number of halogens is 4. The number of alkyl halides is 2. The van der Waals surface area contributed by atoms with E-state index in [1.807, 2.05) is 13.8 Å². The molecule has 0 bridgehead atoms. The van der Waals surface area contributed by atoms with Crippen LogP contribution in [-0.4, -0.2) is 56.4 Å². The predicted octanol–water partition coefficient (Wildman–Crippen LogP) is 4.97. The molecule has 13 heteroatoms. The summed E-state index contributed by atoms with van der Waals surface area (Å²) in [6, 6.07) is 3.47. The number of carbonyl (C=O) groups is 2. The molecule has 1 aliphatic carbocycles. The highest BCUT2D eigenvalue weighted by Crippen LogP contribution is 2.56. The minimum atomic E-state index is -3.63. The van der Waals surface area contributed by atoms with E-state index in [1.54, 1.807) is 21.5 Å². The number of thiazole rings is 1. The second-order valence-electron chi connectivity index (χ2n) is 11.0. The van der Waals surface area contributed by atoms with Gasteiger partial charge in [-0.1, -0.05) is 43.1 Å². The lowest BCUT2D eigenvalue weighted by molar-refractivity contribution is -0.157. The smallest absolute Gasteiger partial charge is 0.349 e. The largest absolute Gasteiger partial charge is 0.419 e. The third-order valence-corrected chi connectivity index (χ3v) is 9.48. The minimum Gasteiger partial charge on any atom is -0.419 e. The van der Waals surface area contributed by atoms with E-state index in [1.165, 1.54) is 17.4 Å². The van der Waals surface area contributed by atoms with Crippen LogP contribution in [0, 0.1) is 16.7 Å². The molecule has 3 aliphatic rings. The Morgan fingerprint density at radius 1 is 1.24 bits per heavy atom. The lowest BCUT2D eigenvalue weighted by atomic mass is 9.70.